The highest BCUT2D eigenvalue weighted by molar-refractivity contribution is 6.35. The zero-order valence-electron chi connectivity index (χ0n) is 16.4. The zero-order chi connectivity index (χ0) is 21.0. The van der Waals surface area contributed by atoms with Crippen LogP contribution in [0.25, 0.3) is 11.6 Å². The largest absolute Gasteiger partial charge is 0.385 e. The molecule has 1 aromatic heterocycles. The number of carbonyl (C=O) groups is 1. The van der Waals surface area contributed by atoms with Crippen LogP contribution < -0.4 is 15.9 Å². The van der Waals surface area contributed by atoms with E-state index in [-0.39, 0.29) is 18.1 Å². The van der Waals surface area contributed by atoms with Gasteiger partial charge in [-0.3, -0.25) is 9.36 Å². The summed E-state index contributed by atoms with van der Waals surface area (Å²) in [6.07, 6.45) is 2.63. The number of amides is 1. The van der Waals surface area contributed by atoms with Gasteiger partial charge in [0.25, 0.3) is 0 Å². The minimum absolute atomic E-state index is 0.0414. The van der Waals surface area contributed by atoms with Crippen molar-refractivity contribution in [2.24, 2.45) is 0 Å². The highest BCUT2D eigenvalue weighted by atomic mass is 35.5. The topological polar surface area (TPSA) is 79.4 Å². The molecule has 0 aliphatic carbocycles. The third-order valence-electron chi connectivity index (χ3n) is 4.73. The van der Waals surface area contributed by atoms with E-state index in [4.69, 9.17) is 27.9 Å². The zero-order valence-corrected chi connectivity index (χ0v) is 17.9. The van der Waals surface area contributed by atoms with Gasteiger partial charge in [0.15, 0.2) is 0 Å². The number of ether oxygens (including phenoxy) is 1. The molecule has 0 saturated heterocycles. The number of halogens is 2. The molecule has 0 spiro atoms. The molecule has 1 aliphatic rings. The summed E-state index contributed by atoms with van der Waals surface area (Å²) in [5.41, 5.74) is 2.24. The number of imidazole rings is 1. The van der Waals surface area contributed by atoms with Crippen molar-refractivity contribution in [3.63, 3.8) is 0 Å². The van der Waals surface area contributed by atoms with Gasteiger partial charge >= 0.3 is 5.69 Å². The summed E-state index contributed by atoms with van der Waals surface area (Å²) < 4.78 is 6.45. The van der Waals surface area contributed by atoms with Crippen LogP contribution in [0.1, 0.15) is 24.6 Å². The van der Waals surface area contributed by atoms with Gasteiger partial charge in [-0.15, -0.1) is 0 Å². The van der Waals surface area contributed by atoms with Gasteiger partial charge < -0.3 is 19.9 Å². The summed E-state index contributed by atoms with van der Waals surface area (Å²) in [7, 11) is 1.62. The number of hydrogen-bond donors (Lipinski definition) is 2. The van der Waals surface area contributed by atoms with Crippen molar-refractivity contribution >= 4 is 46.6 Å². The Kier molecular flexibility index (Phi) is 7.05. The van der Waals surface area contributed by atoms with E-state index in [0.717, 1.165) is 17.6 Å². The molecule has 0 atom stereocenters. The molecular formula is C20H24Cl2N4O3. The van der Waals surface area contributed by atoms with Crippen LogP contribution in [-0.4, -0.2) is 48.8 Å². The Hall–Kier alpha value is -2.22. The first-order valence-electron chi connectivity index (χ1n) is 9.43. The first-order chi connectivity index (χ1) is 13.9. The van der Waals surface area contributed by atoms with Crippen molar-refractivity contribution in [1.82, 2.24) is 14.9 Å². The van der Waals surface area contributed by atoms with Gasteiger partial charge in [0.05, 0.1) is 5.69 Å². The molecular weight excluding hydrogens is 415 g/mol. The fourth-order valence-corrected chi connectivity index (χ4v) is 3.91. The van der Waals surface area contributed by atoms with Gasteiger partial charge in [0.1, 0.15) is 12.4 Å². The Bertz CT molecular complexity index is 960. The minimum Gasteiger partial charge on any atom is -0.385 e. The second kappa shape index (κ2) is 9.52. The molecule has 1 amide bonds. The van der Waals surface area contributed by atoms with Crippen LogP contribution in [0, 0.1) is 0 Å². The fourth-order valence-electron chi connectivity index (χ4n) is 3.39. The molecule has 156 valence electrons. The average Bonchev–Trinajstić information content (AvgIpc) is 2.99. The highest BCUT2D eigenvalue weighted by Gasteiger charge is 2.25. The van der Waals surface area contributed by atoms with Crippen LogP contribution in [0.3, 0.4) is 0 Å². The average molecular weight is 439 g/mol. The van der Waals surface area contributed by atoms with E-state index in [0.29, 0.717) is 47.8 Å². The lowest BCUT2D eigenvalue weighted by Gasteiger charge is -2.29. The Labute approximate surface area is 179 Å². The van der Waals surface area contributed by atoms with Crippen LogP contribution in [0.15, 0.2) is 23.0 Å². The van der Waals surface area contributed by atoms with Crippen LogP contribution in [0.5, 0.6) is 0 Å². The molecule has 7 nitrogen and oxygen atoms in total. The number of H-pyrrole nitrogens is 1. The van der Waals surface area contributed by atoms with Gasteiger partial charge in [0, 0.05) is 43.4 Å². The fraction of sp³-hybridized carbons (Fsp3) is 0.400. The maximum atomic E-state index is 12.5. The first-order valence-corrected chi connectivity index (χ1v) is 10.2. The summed E-state index contributed by atoms with van der Waals surface area (Å²) in [4.78, 5) is 29.7. The van der Waals surface area contributed by atoms with Crippen molar-refractivity contribution in [2.75, 3.05) is 38.3 Å². The molecule has 1 aromatic carbocycles. The first kappa shape index (κ1) is 21.5. The second-order valence-corrected chi connectivity index (χ2v) is 7.66. The predicted octanol–water partition coefficient (Wildman–Crippen LogP) is 3.02. The van der Waals surface area contributed by atoms with E-state index in [9.17, 15) is 9.59 Å². The molecule has 2 N–H and O–H groups in total. The molecule has 2 aromatic rings. The number of methoxy groups -OCH3 is 1. The van der Waals surface area contributed by atoms with E-state index < -0.39 is 0 Å². The van der Waals surface area contributed by atoms with Gasteiger partial charge in [-0.05, 0) is 48.8 Å². The maximum Gasteiger partial charge on any atom is 0.328 e. The van der Waals surface area contributed by atoms with Gasteiger partial charge in [0.2, 0.25) is 5.91 Å². The number of nitrogens with one attached hydrogen (secondary N) is 2. The summed E-state index contributed by atoms with van der Waals surface area (Å²) >= 11 is 12.3. The van der Waals surface area contributed by atoms with E-state index in [1.165, 1.54) is 4.57 Å². The van der Waals surface area contributed by atoms with Gasteiger partial charge in [-0.2, -0.15) is 0 Å². The number of benzene rings is 1. The predicted molar refractivity (Wildman–Crippen MR) is 117 cm³/mol. The second-order valence-electron chi connectivity index (χ2n) is 6.79. The Morgan fingerprint density at radius 2 is 2.00 bits per heavy atom. The minimum atomic E-state index is -0.317. The normalized spacial score (nSPS) is 13.2. The number of anilines is 1. The van der Waals surface area contributed by atoms with E-state index in [2.05, 4.69) is 15.2 Å². The van der Waals surface area contributed by atoms with Crippen molar-refractivity contribution in [1.29, 1.82) is 0 Å². The van der Waals surface area contributed by atoms with Crippen molar-refractivity contribution in [2.45, 2.75) is 19.9 Å². The molecule has 1 aliphatic heterocycles. The smallest absolute Gasteiger partial charge is 0.328 e. The van der Waals surface area contributed by atoms with Crippen molar-refractivity contribution in [3.05, 3.63) is 50.0 Å². The van der Waals surface area contributed by atoms with Gasteiger partial charge in [-0.25, -0.2) is 4.79 Å². The van der Waals surface area contributed by atoms with Crippen LogP contribution in [0.4, 0.5) is 5.82 Å². The standard InChI is InChI=1S/C20H24Cl2N4O3/c1-3-25-11-14(13-7-15(21)10-16(22)8-13)9-17-19(25)26(20(28)24-17)12-18(27)23-5-4-6-29-2/h7-10H,3-6,11-12H2,1-2H3,(H,23,27)(H,24,28). The number of fused-ring (bicyclic) bond motifs is 1. The quantitative estimate of drug-likeness (QED) is 0.620. The third-order valence-corrected chi connectivity index (χ3v) is 5.16. The molecule has 9 heteroatoms. The number of likely N-dealkylation sites (N-methyl/N-ethyl adjacent to an activating group) is 1. The monoisotopic (exact) mass is 438 g/mol. The Balaban J connectivity index is 1.88. The Morgan fingerprint density at radius 1 is 1.28 bits per heavy atom. The van der Waals surface area contributed by atoms with Crippen LogP contribution in [0.2, 0.25) is 10.0 Å². The lowest BCUT2D eigenvalue weighted by molar-refractivity contribution is -0.121. The molecule has 0 saturated carbocycles. The van der Waals surface area contributed by atoms with E-state index in [1.807, 2.05) is 25.1 Å². The maximum absolute atomic E-state index is 12.5. The summed E-state index contributed by atoms with van der Waals surface area (Å²) in [6.45, 7) is 4.29. The molecule has 0 bridgehead atoms. The van der Waals surface area contributed by atoms with Crippen LogP contribution >= 0.6 is 23.2 Å². The van der Waals surface area contributed by atoms with Crippen molar-refractivity contribution < 1.29 is 9.53 Å². The lowest BCUT2D eigenvalue weighted by Crippen LogP contribution is -2.36. The SMILES string of the molecule is CCN1CC(c2cc(Cl)cc(Cl)c2)=Cc2[nH]c(=O)n(CC(=O)NCCCOC)c21. The Morgan fingerprint density at radius 3 is 2.66 bits per heavy atom. The van der Waals surface area contributed by atoms with E-state index in [1.54, 1.807) is 13.2 Å². The summed E-state index contributed by atoms with van der Waals surface area (Å²) in [5.74, 6) is 0.499. The molecule has 0 unspecified atom stereocenters. The summed E-state index contributed by atoms with van der Waals surface area (Å²) in [6, 6.07) is 5.38. The number of nitrogens with zero attached hydrogens (tertiary/aromatic N) is 2. The number of carbonyl (C=O) groups excluding carboxylic acids is 1. The number of aromatic nitrogens is 2. The molecule has 29 heavy (non-hydrogen) atoms. The van der Waals surface area contributed by atoms with Crippen molar-refractivity contribution in [3.8, 4) is 0 Å². The molecule has 0 fully saturated rings. The molecule has 2 heterocycles. The van der Waals surface area contributed by atoms with E-state index >= 15 is 0 Å². The molecule has 0 radical (unpaired) electrons. The number of aromatic amines is 1. The summed E-state index contributed by atoms with van der Waals surface area (Å²) in [5, 5.41) is 3.92. The number of hydrogen-bond acceptors (Lipinski definition) is 4. The molecule has 3 rings (SSSR count). The van der Waals surface area contributed by atoms with Gasteiger partial charge in [-0.1, -0.05) is 23.2 Å². The lowest BCUT2D eigenvalue weighted by atomic mass is 10.0. The highest BCUT2D eigenvalue weighted by Crippen LogP contribution is 2.33. The number of rotatable bonds is 8. The third kappa shape index (κ3) is 5.04. The van der Waals surface area contributed by atoms with Crippen LogP contribution in [-0.2, 0) is 16.1 Å².